The number of benzene rings is 2. The summed E-state index contributed by atoms with van der Waals surface area (Å²) in [6, 6.07) is 13.8. The molecule has 0 radical (unpaired) electrons. The Kier molecular flexibility index (Phi) is 3.93. The molecule has 0 aliphatic heterocycles. The standard InChI is InChI=1S/C16H12N2O3S/c19-14-12-3-1-2-4-13(12)17-16(18-14)22-9-10-5-7-11(8-6-10)15(20)21/h1-8H,9H2,(H,20,21)(H,17,18,19). The first-order valence-electron chi connectivity index (χ1n) is 6.57. The van der Waals surface area contributed by atoms with E-state index >= 15 is 0 Å². The zero-order valence-electron chi connectivity index (χ0n) is 11.4. The number of nitrogens with one attached hydrogen (secondary N) is 1. The quantitative estimate of drug-likeness (QED) is 0.572. The van der Waals surface area contributed by atoms with Gasteiger partial charge in [-0.3, -0.25) is 4.79 Å². The molecule has 0 saturated carbocycles. The maximum Gasteiger partial charge on any atom is 0.335 e. The molecule has 5 nitrogen and oxygen atoms in total. The lowest BCUT2D eigenvalue weighted by Gasteiger charge is -2.03. The summed E-state index contributed by atoms with van der Waals surface area (Å²) in [7, 11) is 0. The number of aromatic amines is 1. The number of thioether (sulfide) groups is 1. The summed E-state index contributed by atoms with van der Waals surface area (Å²) in [6.07, 6.45) is 0. The van der Waals surface area contributed by atoms with Gasteiger partial charge in [-0.2, -0.15) is 0 Å². The summed E-state index contributed by atoms with van der Waals surface area (Å²) in [6.45, 7) is 0. The number of aromatic nitrogens is 2. The summed E-state index contributed by atoms with van der Waals surface area (Å²) >= 11 is 1.40. The summed E-state index contributed by atoms with van der Waals surface area (Å²) in [4.78, 5) is 29.9. The smallest absolute Gasteiger partial charge is 0.335 e. The van der Waals surface area contributed by atoms with Crippen molar-refractivity contribution in [2.75, 3.05) is 0 Å². The van der Waals surface area contributed by atoms with Crippen LogP contribution in [0.1, 0.15) is 15.9 Å². The van der Waals surface area contributed by atoms with E-state index in [1.165, 1.54) is 11.8 Å². The number of rotatable bonds is 4. The van der Waals surface area contributed by atoms with Crippen LogP contribution in [-0.4, -0.2) is 21.0 Å². The molecule has 0 aliphatic rings. The first-order chi connectivity index (χ1) is 10.6. The fourth-order valence-corrected chi connectivity index (χ4v) is 2.85. The van der Waals surface area contributed by atoms with Crippen LogP contribution >= 0.6 is 11.8 Å². The van der Waals surface area contributed by atoms with Gasteiger partial charge in [0.2, 0.25) is 0 Å². The van der Waals surface area contributed by atoms with Gasteiger partial charge in [-0.05, 0) is 29.8 Å². The Morgan fingerprint density at radius 1 is 1.14 bits per heavy atom. The first kappa shape index (κ1) is 14.3. The predicted octanol–water partition coefficient (Wildman–Crippen LogP) is 2.91. The predicted molar refractivity (Wildman–Crippen MR) is 85.3 cm³/mol. The molecule has 1 heterocycles. The number of carbonyl (C=O) groups is 1. The third kappa shape index (κ3) is 3.01. The normalized spacial score (nSPS) is 10.7. The summed E-state index contributed by atoms with van der Waals surface area (Å²) in [5.41, 5.74) is 1.72. The number of aromatic carboxylic acids is 1. The van der Waals surface area contributed by atoms with E-state index in [9.17, 15) is 9.59 Å². The van der Waals surface area contributed by atoms with Crippen LogP contribution < -0.4 is 5.56 Å². The van der Waals surface area contributed by atoms with Gasteiger partial charge in [0, 0.05) is 5.75 Å². The van der Waals surface area contributed by atoms with Gasteiger partial charge in [-0.25, -0.2) is 9.78 Å². The van der Waals surface area contributed by atoms with Crippen molar-refractivity contribution in [2.45, 2.75) is 10.9 Å². The van der Waals surface area contributed by atoms with Gasteiger partial charge in [0.15, 0.2) is 5.16 Å². The van der Waals surface area contributed by atoms with Crippen LogP contribution in [0.4, 0.5) is 0 Å². The van der Waals surface area contributed by atoms with Crippen LogP contribution in [0.25, 0.3) is 10.9 Å². The van der Waals surface area contributed by atoms with Crippen LogP contribution in [0, 0.1) is 0 Å². The first-order valence-corrected chi connectivity index (χ1v) is 7.56. The lowest BCUT2D eigenvalue weighted by molar-refractivity contribution is 0.0697. The van der Waals surface area contributed by atoms with Crippen molar-refractivity contribution in [1.29, 1.82) is 0 Å². The molecule has 110 valence electrons. The molecule has 0 fully saturated rings. The number of hydrogen-bond acceptors (Lipinski definition) is 4. The maximum absolute atomic E-state index is 12.0. The fraction of sp³-hybridized carbons (Fsp3) is 0.0625. The number of para-hydroxylation sites is 1. The van der Waals surface area contributed by atoms with E-state index in [1.807, 2.05) is 6.07 Å². The van der Waals surface area contributed by atoms with Crippen LogP contribution in [0.2, 0.25) is 0 Å². The highest BCUT2D eigenvalue weighted by Gasteiger charge is 2.05. The van der Waals surface area contributed by atoms with E-state index in [4.69, 9.17) is 5.11 Å². The Balaban J connectivity index is 1.79. The maximum atomic E-state index is 12.0. The van der Waals surface area contributed by atoms with Gasteiger partial charge < -0.3 is 10.1 Å². The zero-order chi connectivity index (χ0) is 15.5. The van der Waals surface area contributed by atoms with Crippen molar-refractivity contribution in [3.63, 3.8) is 0 Å². The van der Waals surface area contributed by atoms with Crippen LogP contribution in [0.15, 0.2) is 58.5 Å². The van der Waals surface area contributed by atoms with Gasteiger partial charge in [0.1, 0.15) is 0 Å². The Hall–Kier alpha value is -2.60. The Morgan fingerprint density at radius 3 is 2.59 bits per heavy atom. The molecule has 3 rings (SSSR count). The lowest BCUT2D eigenvalue weighted by Crippen LogP contribution is -2.08. The van der Waals surface area contributed by atoms with Gasteiger partial charge in [0.05, 0.1) is 16.5 Å². The van der Waals surface area contributed by atoms with E-state index < -0.39 is 5.97 Å². The molecule has 0 unspecified atom stereocenters. The van der Waals surface area contributed by atoms with Crippen LogP contribution in [-0.2, 0) is 5.75 Å². The second-order valence-corrected chi connectivity index (χ2v) is 5.64. The molecule has 1 aromatic heterocycles. The molecule has 3 aromatic rings. The van der Waals surface area contributed by atoms with Crippen molar-refractivity contribution in [1.82, 2.24) is 9.97 Å². The summed E-state index contributed by atoms with van der Waals surface area (Å²) < 4.78 is 0. The highest BCUT2D eigenvalue weighted by atomic mass is 32.2. The minimum Gasteiger partial charge on any atom is -0.478 e. The molecule has 2 N–H and O–H groups in total. The molecule has 0 atom stereocenters. The van der Waals surface area contributed by atoms with Crippen LogP contribution in [0.3, 0.4) is 0 Å². The van der Waals surface area contributed by atoms with Crippen molar-refractivity contribution in [3.05, 3.63) is 70.0 Å². The molecule has 2 aromatic carbocycles. The van der Waals surface area contributed by atoms with Gasteiger partial charge >= 0.3 is 5.97 Å². The molecular weight excluding hydrogens is 300 g/mol. The number of H-pyrrole nitrogens is 1. The van der Waals surface area contributed by atoms with Crippen molar-refractivity contribution >= 4 is 28.6 Å². The second kappa shape index (κ2) is 6.03. The molecule has 0 bridgehead atoms. The zero-order valence-corrected chi connectivity index (χ0v) is 12.3. The third-order valence-electron chi connectivity index (χ3n) is 3.17. The molecule has 0 amide bonds. The topological polar surface area (TPSA) is 83.0 Å². The van der Waals surface area contributed by atoms with Crippen molar-refractivity contribution in [3.8, 4) is 0 Å². The molecular formula is C16H12N2O3S. The highest BCUT2D eigenvalue weighted by molar-refractivity contribution is 7.98. The molecule has 0 spiro atoms. The lowest BCUT2D eigenvalue weighted by atomic mass is 10.1. The SMILES string of the molecule is O=C(O)c1ccc(CSc2nc3ccccc3c(=O)[nH]2)cc1. The number of nitrogens with zero attached hydrogens (tertiary/aromatic N) is 1. The molecule has 0 aliphatic carbocycles. The van der Waals surface area contributed by atoms with E-state index in [2.05, 4.69) is 9.97 Å². The number of carboxylic acids is 1. The van der Waals surface area contributed by atoms with Crippen LogP contribution in [0.5, 0.6) is 0 Å². The van der Waals surface area contributed by atoms with Crippen molar-refractivity contribution in [2.24, 2.45) is 0 Å². The fourth-order valence-electron chi connectivity index (χ4n) is 2.03. The summed E-state index contributed by atoms with van der Waals surface area (Å²) in [5.74, 6) is -0.346. The Labute approximate surface area is 130 Å². The van der Waals surface area contributed by atoms with E-state index in [0.717, 1.165) is 5.56 Å². The average molecular weight is 312 g/mol. The van der Waals surface area contributed by atoms with Gasteiger partial charge in [-0.1, -0.05) is 36.0 Å². The van der Waals surface area contributed by atoms with E-state index in [1.54, 1.807) is 42.5 Å². The minimum atomic E-state index is -0.945. The number of hydrogen-bond donors (Lipinski definition) is 2. The molecule has 0 saturated heterocycles. The molecule has 22 heavy (non-hydrogen) atoms. The summed E-state index contributed by atoms with van der Waals surface area (Å²) in [5, 5.41) is 9.97. The number of carboxylic acid groups (broad SMARTS) is 1. The highest BCUT2D eigenvalue weighted by Crippen LogP contribution is 2.20. The van der Waals surface area contributed by atoms with E-state index in [-0.39, 0.29) is 11.1 Å². The Morgan fingerprint density at radius 2 is 1.86 bits per heavy atom. The number of fused-ring (bicyclic) bond motifs is 1. The van der Waals surface area contributed by atoms with Crippen molar-refractivity contribution < 1.29 is 9.90 Å². The molecule has 6 heteroatoms. The minimum absolute atomic E-state index is 0.158. The monoisotopic (exact) mass is 312 g/mol. The van der Waals surface area contributed by atoms with Gasteiger partial charge in [-0.15, -0.1) is 0 Å². The average Bonchev–Trinajstić information content (AvgIpc) is 2.53. The van der Waals surface area contributed by atoms with Gasteiger partial charge in [0.25, 0.3) is 5.56 Å². The largest absolute Gasteiger partial charge is 0.478 e. The third-order valence-corrected chi connectivity index (χ3v) is 4.11. The Bertz CT molecular complexity index is 888. The second-order valence-electron chi connectivity index (χ2n) is 4.68. The van der Waals surface area contributed by atoms with E-state index in [0.29, 0.717) is 21.8 Å².